The van der Waals surface area contributed by atoms with E-state index in [1.54, 1.807) is 0 Å². The van der Waals surface area contributed by atoms with Crippen molar-refractivity contribution in [1.29, 1.82) is 0 Å². The zero-order chi connectivity index (χ0) is 11.7. The molecule has 0 aliphatic rings. The van der Waals surface area contributed by atoms with Crippen molar-refractivity contribution in [2.24, 2.45) is 0 Å². The van der Waals surface area contributed by atoms with Crippen LogP contribution in [0.4, 0.5) is 0 Å². The number of aliphatic hydroxyl groups is 1. The van der Waals surface area contributed by atoms with Crippen LogP contribution in [-0.2, 0) is 6.54 Å². The molecule has 0 spiro atoms. The fourth-order valence-corrected chi connectivity index (χ4v) is 2.16. The molecule has 1 heterocycles. The van der Waals surface area contributed by atoms with Gasteiger partial charge in [-0.1, -0.05) is 11.6 Å². The Bertz CT molecular complexity index is 540. The Kier molecular flexibility index (Phi) is 2.79. The first-order valence-corrected chi connectivity index (χ1v) is 5.34. The molecule has 0 aliphatic heterocycles. The maximum absolute atomic E-state index is 11.1. The molecule has 0 amide bonds. The molecule has 3 heteroatoms. The number of nitrogens with zero attached hydrogens (tertiary/aromatic N) is 1. The highest BCUT2D eigenvalue weighted by atomic mass is 16.3. The lowest BCUT2D eigenvalue weighted by Crippen LogP contribution is -2.04. The Labute approximate surface area is 94.3 Å². The third kappa shape index (κ3) is 1.53. The number of fused-ring (bicyclic) bond motifs is 1. The van der Waals surface area contributed by atoms with Gasteiger partial charge in [-0.2, -0.15) is 0 Å². The van der Waals surface area contributed by atoms with Crippen LogP contribution >= 0.6 is 0 Å². The molecule has 0 bridgehead atoms. The number of rotatable bonds is 3. The molecule has 3 nitrogen and oxygen atoms in total. The summed E-state index contributed by atoms with van der Waals surface area (Å²) in [4.78, 5) is 11.1. The van der Waals surface area contributed by atoms with Crippen molar-refractivity contribution in [1.82, 2.24) is 4.57 Å². The van der Waals surface area contributed by atoms with Crippen LogP contribution in [0.25, 0.3) is 10.9 Å². The molecule has 0 unspecified atom stereocenters. The van der Waals surface area contributed by atoms with E-state index in [9.17, 15) is 4.79 Å². The Morgan fingerprint density at radius 1 is 1.38 bits per heavy atom. The number of benzene rings is 1. The average Bonchev–Trinajstić information content (AvgIpc) is 2.52. The smallest absolute Gasteiger partial charge is 0.152 e. The number of aldehydes is 1. The van der Waals surface area contributed by atoms with Gasteiger partial charge in [-0.15, -0.1) is 0 Å². The molecule has 16 heavy (non-hydrogen) atoms. The highest BCUT2D eigenvalue weighted by Crippen LogP contribution is 2.25. The van der Waals surface area contributed by atoms with Gasteiger partial charge in [-0.3, -0.25) is 4.79 Å². The van der Waals surface area contributed by atoms with Crippen LogP contribution in [0, 0.1) is 13.8 Å². The normalized spacial score (nSPS) is 10.9. The van der Waals surface area contributed by atoms with Gasteiger partial charge in [0.1, 0.15) is 0 Å². The molecule has 0 fully saturated rings. The molecule has 1 aromatic carbocycles. The van der Waals surface area contributed by atoms with E-state index in [2.05, 4.69) is 0 Å². The van der Waals surface area contributed by atoms with Gasteiger partial charge in [0.05, 0.1) is 6.61 Å². The van der Waals surface area contributed by atoms with Crippen LogP contribution < -0.4 is 0 Å². The molecule has 84 valence electrons. The summed E-state index contributed by atoms with van der Waals surface area (Å²) in [6.07, 6.45) is 0.894. The van der Waals surface area contributed by atoms with Gasteiger partial charge in [0.15, 0.2) is 6.29 Å². The van der Waals surface area contributed by atoms with Gasteiger partial charge < -0.3 is 9.67 Å². The van der Waals surface area contributed by atoms with E-state index in [0.717, 1.165) is 34.0 Å². The molecule has 0 atom stereocenters. The van der Waals surface area contributed by atoms with Crippen LogP contribution in [0.15, 0.2) is 18.2 Å². The molecule has 1 N–H and O–H groups in total. The van der Waals surface area contributed by atoms with Crippen LogP contribution in [0.1, 0.15) is 21.6 Å². The van der Waals surface area contributed by atoms with Crippen molar-refractivity contribution in [3.8, 4) is 0 Å². The predicted octanol–water partition coefficient (Wildman–Crippen LogP) is 2.06. The molecule has 2 aromatic rings. The molecule has 0 saturated heterocycles. The first-order valence-electron chi connectivity index (χ1n) is 5.34. The Balaban J connectivity index is 2.80. The van der Waals surface area contributed by atoms with Crippen molar-refractivity contribution in [3.63, 3.8) is 0 Å². The maximum Gasteiger partial charge on any atom is 0.152 e. The zero-order valence-electron chi connectivity index (χ0n) is 9.53. The standard InChI is InChI=1S/C13H15NO2/c1-9-3-4-13-11(7-9)12(8-16)10(2)14(13)5-6-15/h3-4,7-8,15H,5-6H2,1-2H3. The second-order valence-corrected chi connectivity index (χ2v) is 4.01. The fraction of sp³-hybridized carbons (Fsp3) is 0.308. The highest BCUT2D eigenvalue weighted by Gasteiger charge is 2.12. The zero-order valence-corrected chi connectivity index (χ0v) is 9.53. The van der Waals surface area contributed by atoms with Crippen LogP contribution in [0.2, 0.25) is 0 Å². The fourth-order valence-electron chi connectivity index (χ4n) is 2.16. The maximum atomic E-state index is 11.1. The van der Waals surface area contributed by atoms with Crippen LogP contribution in [0.5, 0.6) is 0 Å². The minimum Gasteiger partial charge on any atom is -0.395 e. The summed E-state index contributed by atoms with van der Waals surface area (Å²) in [5.41, 5.74) is 3.80. The van der Waals surface area contributed by atoms with Crippen LogP contribution in [0.3, 0.4) is 0 Å². The van der Waals surface area contributed by atoms with Crippen LogP contribution in [-0.4, -0.2) is 22.6 Å². The first kappa shape index (κ1) is 10.9. The Morgan fingerprint density at radius 3 is 2.75 bits per heavy atom. The highest BCUT2D eigenvalue weighted by molar-refractivity contribution is 5.99. The quantitative estimate of drug-likeness (QED) is 0.800. The summed E-state index contributed by atoms with van der Waals surface area (Å²) in [5, 5.41) is 10.0. The van der Waals surface area contributed by atoms with Gasteiger partial charge in [0.2, 0.25) is 0 Å². The lowest BCUT2D eigenvalue weighted by Gasteiger charge is -2.05. The summed E-state index contributed by atoms with van der Waals surface area (Å²) >= 11 is 0. The molecular weight excluding hydrogens is 202 g/mol. The van der Waals surface area contributed by atoms with Crippen molar-refractivity contribution < 1.29 is 9.90 Å². The second kappa shape index (κ2) is 4.10. The molecular formula is C13H15NO2. The number of aliphatic hydroxyl groups excluding tert-OH is 1. The summed E-state index contributed by atoms with van der Waals surface area (Å²) in [6.45, 7) is 4.53. The van der Waals surface area contributed by atoms with E-state index in [4.69, 9.17) is 5.11 Å². The average molecular weight is 217 g/mol. The van der Waals surface area contributed by atoms with Gasteiger partial charge in [-0.05, 0) is 26.0 Å². The minimum atomic E-state index is 0.0802. The van der Waals surface area contributed by atoms with E-state index in [-0.39, 0.29) is 6.61 Å². The third-order valence-electron chi connectivity index (χ3n) is 2.97. The van der Waals surface area contributed by atoms with Crippen molar-refractivity contribution >= 4 is 17.2 Å². The van der Waals surface area contributed by atoms with E-state index >= 15 is 0 Å². The second-order valence-electron chi connectivity index (χ2n) is 4.01. The lowest BCUT2D eigenvalue weighted by atomic mass is 10.1. The Hall–Kier alpha value is -1.61. The molecule has 0 radical (unpaired) electrons. The van der Waals surface area contributed by atoms with Crippen molar-refractivity contribution in [2.75, 3.05) is 6.61 Å². The number of aromatic nitrogens is 1. The predicted molar refractivity (Wildman–Crippen MR) is 63.9 cm³/mol. The molecule has 2 rings (SSSR count). The minimum absolute atomic E-state index is 0.0802. The number of carbonyl (C=O) groups excluding carboxylic acids is 1. The van der Waals surface area contributed by atoms with E-state index in [1.807, 2.05) is 36.6 Å². The van der Waals surface area contributed by atoms with Crippen molar-refractivity contribution in [3.05, 3.63) is 35.0 Å². The van der Waals surface area contributed by atoms with E-state index < -0.39 is 0 Å². The third-order valence-corrected chi connectivity index (χ3v) is 2.97. The summed E-state index contributed by atoms with van der Waals surface area (Å²) < 4.78 is 1.98. The van der Waals surface area contributed by atoms with E-state index in [0.29, 0.717) is 6.54 Å². The summed E-state index contributed by atoms with van der Waals surface area (Å²) in [7, 11) is 0. The largest absolute Gasteiger partial charge is 0.395 e. The number of aryl methyl sites for hydroxylation is 1. The monoisotopic (exact) mass is 217 g/mol. The number of hydrogen-bond acceptors (Lipinski definition) is 2. The van der Waals surface area contributed by atoms with Gasteiger partial charge in [-0.25, -0.2) is 0 Å². The lowest BCUT2D eigenvalue weighted by molar-refractivity contribution is 0.112. The summed E-state index contributed by atoms with van der Waals surface area (Å²) in [6, 6.07) is 6.03. The Morgan fingerprint density at radius 2 is 2.12 bits per heavy atom. The van der Waals surface area contributed by atoms with Crippen molar-refractivity contribution in [2.45, 2.75) is 20.4 Å². The van der Waals surface area contributed by atoms with Gasteiger partial charge in [0, 0.05) is 28.7 Å². The molecule has 0 aliphatic carbocycles. The SMILES string of the molecule is Cc1ccc2c(c1)c(C=O)c(C)n2CCO. The first-order chi connectivity index (χ1) is 7.69. The van der Waals surface area contributed by atoms with Gasteiger partial charge in [0.25, 0.3) is 0 Å². The molecule has 0 saturated carbocycles. The molecule has 1 aromatic heterocycles. The topological polar surface area (TPSA) is 42.2 Å². The van der Waals surface area contributed by atoms with E-state index in [1.165, 1.54) is 0 Å². The number of hydrogen-bond donors (Lipinski definition) is 1. The van der Waals surface area contributed by atoms with Gasteiger partial charge >= 0.3 is 0 Å². The summed E-state index contributed by atoms with van der Waals surface area (Å²) in [5.74, 6) is 0. The number of carbonyl (C=O) groups is 1.